The maximum atomic E-state index is 13.4. The monoisotopic (exact) mass is 447 g/mol. The Balaban J connectivity index is 1.18. The third-order valence-electron chi connectivity index (χ3n) is 6.38. The fourth-order valence-corrected chi connectivity index (χ4v) is 5.40. The van der Waals surface area contributed by atoms with Crippen molar-refractivity contribution < 1.29 is 4.79 Å². The fraction of sp³-hybridized carbons (Fsp3) is 0.400. The number of piperazine rings is 1. The third kappa shape index (κ3) is 4.84. The Bertz CT molecular complexity index is 1020. The molecule has 32 heavy (non-hydrogen) atoms. The molecule has 0 radical (unpaired) electrons. The molecule has 5 rings (SSSR count). The first-order valence-electron chi connectivity index (χ1n) is 11.4. The van der Waals surface area contributed by atoms with Crippen LogP contribution >= 0.6 is 11.5 Å². The summed E-state index contributed by atoms with van der Waals surface area (Å²) >= 11 is 1.42. The van der Waals surface area contributed by atoms with Gasteiger partial charge in [-0.3, -0.25) is 9.69 Å². The van der Waals surface area contributed by atoms with Crippen molar-refractivity contribution in [2.45, 2.75) is 31.8 Å². The minimum Gasteiger partial charge on any atom is -0.338 e. The lowest BCUT2D eigenvalue weighted by molar-refractivity contribution is -0.134. The summed E-state index contributed by atoms with van der Waals surface area (Å²) in [6.07, 6.45) is 2.65. The van der Waals surface area contributed by atoms with E-state index in [0.29, 0.717) is 0 Å². The Morgan fingerprint density at radius 1 is 0.906 bits per heavy atom. The number of hydrogen-bond donors (Lipinski definition) is 0. The maximum Gasteiger partial charge on any atom is 0.245 e. The van der Waals surface area contributed by atoms with E-state index in [4.69, 9.17) is 4.98 Å². The molecule has 0 bridgehead atoms. The van der Waals surface area contributed by atoms with E-state index in [0.717, 1.165) is 69.5 Å². The maximum absolute atomic E-state index is 13.4. The van der Waals surface area contributed by atoms with Crippen LogP contribution < -0.4 is 4.90 Å². The highest BCUT2D eigenvalue weighted by Gasteiger charge is 2.36. The van der Waals surface area contributed by atoms with Crippen LogP contribution in [0.25, 0.3) is 0 Å². The zero-order chi connectivity index (χ0) is 21.8. The molecule has 2 aliphatic rings. The number of amides is 1. The van der Waals surface area contributed by atoms with Gasteiger partial charge in [0.1, 0.15) is 11.9 Å². The molecule has 3 heterocycles. The van der Waals surface area contributed by atoms with E-state index >= 15 is 0 Å². The third-order valence-corrected chi connectivity index (χ3v) is 7.17. The summed E-state index contributed by atoms with van der Waals surface area (Å²) in [5.41, 5.74) is 2.54. The molecule has 3 aromatic rings. The van der Waals surface area contributed by atoms with E-state index in [1.165, 1.54) is 22.7 Å². The van der Waals surface area contributed by atoms with Crippen LogP contribution in [0.4, 0.5) is 5.13 Å². The average molecular weight is 448 g/mol. The normalized spacial score (nSPS) is 19.4. The Morgan fingerprint density at radius 3 is 2.31 bits per heavy atom. The minimum absolute atomic E-state index is 0.104. The molecule has 0 aliphatic carbocycles. The van der Waals surface area contributed by atoms with E-state index in [2.05, 4.69) is 61.5 Å². The van der Waals surface area contributed by atoms with Crippen molar-refractivity contribution in [2.75, 3.05) is 37.6 Å². The summed E-state index contributed by atoms with van der Waals surface area (Å²) in [6, 6.07) is 20.7. The van der Waals surface area contributed by atoms with Crippen LogP contribution in [-0.4, -0.2) is 63.8 Å². The van der Waals surface area contributed by atoms with Gasteiger partial charge in [-0.2, -0.15) is 4.37 Å². The topological polar surface area (TPSA) is 52.6 Å². The van der Waals surface area contributed by atoms with E-state index in [-0.39, 0.29) is 11.9 Å². The van der Waals surface area contributed by atoms with Crippen LogP contribution in [0.2, 0.25) is 0 Å². The molecule has 1 unspecified atom stereocenters. The molecule has 7 heteroatoms. The van der Waals surface area contributed by atoms with Crippen molar-refractivity contribution in [1.82, 2.24) is 19.2 Å². The second-order valence-corrected chi connectivity index (χ2v) is 9.32. The first-order valence-corrected chi connectivity index (χ1v) is 12.2. The van der Waals surface area contributed by atoms with Gasteiger partial charge in [0.15, 0.2) is 0 Å². The predicted molar refractivity (Wildman–Crippen MR) is 128 cm³/mol. The standard InChI is InChI=1S/C25H29N5OS/c31-24(29-16-14-28(15-17-29)19-21-10-5-2-6-11-21)22-12-7-13-30(22)25-26-23(27-32-25)18-20-8-3-1-4-9-20/h1-6,8-11,22H,7,12-19H2. The largest absolute Gasteiger partial charge is 0.338 e. The summed E-state index contributed by atoms with van der Waals surface area (Å²) in [4.78, 5) is 24.8. The molecule has 2 saturated heterocycles. The van der Waals surface area contributed by atoms with Crippen molar-refractivity contribution in [2.24, 2.45) is 0 Å². The molecular weight excluding hydrogens is 418 g/mol. The highest BCUT2D eigenvalue weighted by Crippen LogP contribution is 2.29. The number of anilines is 1. The summed E-state index contributed by atoms with van der Waals surface area (Å²) < 4.78 is 4.57. The Hall–Kier alpha value is -2.77. The second kappa shape index (κ2) is 9.79. The molecule has 1 atom stereocenters. The molecular formula is C25H29N5OS. The number of benzene rings is 2. The molecule has 0 spiro atoms. The lowest BCUT2D eigenvalue weighted by atomic mass is 10.1. The highest BCUT2D eigenvalue weighted by molar-refractivity contribution is 7.09. The van der Waals surface area contributed by atoms with Gasteiger partial charge in [-0.25, -0.2) is 4.98 Å². The van der Waals surface area contributed by atoms with Gasteiger partial charge in [0, 0.05) is 57.2 Å². The van der Waals surface area contributed by atoms with Gasteiger partial charge in [0.05, 0.1) is 0 Å². The molecule has 0 saturated carbocycles. The van der Waals surface area contributed by atoms with Crippen LogP contribution in [0.3, 0.4) is 0 Å². The van der Waals surface area contributed by atoms with Crippen molar-refractivity contribution in [3.8, 4) is 0 Å². The predicted octanol–water partition coefficient (Wildman–Crippen LogP) is 3.44. The summed E-state index contributed by atoms with van der Waals surface area (Å²) in [5.74, 6) is 1.09. The van der Waals surface area contributed by atoms with Gasteiger partial charge >= 0.3 is 0 Å². The molecule has 2 aliphatic heterocycles. The van der Waals surface area contributed by atoms with E-state index < -0.39 is 0 Å². The molecule has 1 aromatic heterocycles. The molecule has 0 N–H and O–H groups in total. The highest BCUT2D eigenvalue weighted by atomic mass is 32.1. The van der Waals surface area contributed by atoms with E-state index in [1.807, 2.05) is 18.2 Å². The minimum atomic E-state index is -0.104. The molecule has 1 amide bonds. The number of nitrogens with zero attached hydrogens (tertiary/aromatic N) is 5. The molecule has 2 fully saturated rings. The zero-order valence-corrected chi connectivity index (χ0v) is 19.1. The number of aromatic nitrogens is 2. The van der Waals surface area contributed by atoms with Crippen molar-refractivity contribution in [3.63, 3.8) is 0 Å². The van der Waals surface area contributed by atoms with Crippen molar-refractivity contribution >= 4 is 22.6 Å². The van der Waals surface area contributed by atoms with Crippen LogP contribution in [0.5, 0.6) is 0 Å². The Labute approximate surface area is 193 Å². The van der Waals surface area contributed by atoms with Crippen LogP contribution in [0, 0.1) is 0 Å². The first-order chi connectivity index (χ1) is 15.8. The Morgan fingerprint density at radius 2 is 1.59 bits per heavy atom. The Kier molecular flexibility index (Phi) is 6.46. The smallest absolute Gasteiger partial charge is 0.245 e. The summed E-state index contributed by atoms with van der Waals surface area (Å²) in [6.45, 7) is 5.27. The first kappa shape index (κ1) is 21.1. The zero-order valence-electron chi connectivity index (χ0n) is 18.3. The molecule has 166 valence electrons. The SMILES string of the molecule is O=C(C1CCCN1c1nc(Cc2ccccc2)ns1)N1CCN(Cc2ccccc2)CC1. The summed E-state index contributed by atoms with van der Waals surface area (Å²) in [5, 5.41) is 0.884. The number of carbonyl (C=O) groups excluding carboxylic acids is 1. The summed E-state index contributed by atoms with van der Waals surface area (Å²) in [7, 11) is 0. The fourth-order valence-electron chi connectivity index (χ4n) is 4.64. The van der Waals surface area contributed by atoms with Gasteiger partial charge in [0.25, 0.3) is 0 Å². The van der Waals surface area contributed by atoms with Gasteiger partial charge < -0.3 is 9.80 Å². The van der Waals surface area contributed by atoms with Gasteiger partial charge in [-0.15, -0.1) is 0 Å². The number of rotatable bonds is 6. The van der Waals surface area contributed by atoms with E-state index in [9.17, 15) is 4.79 Å². The van der Waals surface area contributed by atoms with Gasteiger partial charge in [-0.05, 0) is 24.0 Å². The van der Waals surface area contributed by atoms with Crippen LogP contribution in [0.1, 0.15) is 29.8 Å². The van der Waals surface area contributed by atoms with Gasteiger partial charge in [0.2, 0.25) is 11.0 Å². The van der Waals surface area contributed by atoms with Gasteiger partial charge in [-0.1, -0.05) is 60.7 Å². The lowest BCUT2D eigenvalue weighted by Crippen LogP contribution is -2.53. The average Bonchev–Trinajstić information content (AvgIpc) is 3.50. The number of carbonyl (C=O) groups is 1. The van der Waals surface area contributed by atoms with E-state index in [1.54, 1.807) is 0 Å². The number of hydrogen-bond acceptors (Lipinski definition) is 6. The molecule has 6 nitrogen and oxygen atoms in total. The van der Waals surface area contributed by atoms with Crippen LogP contribution in [0.15, 0.2) is 60.7 Å². The van der Waals surface area contributed by atoms with Crippen LogP contribution in [-0.2, 0) is 17.8 Å². The quantitative estimate of drug-likeness (QED) is 0.579. The second-order valence-electron chi connectivity index (χ2n) is 8.59. The van der Waals surface area contributed by atoms with Crippen molar-refractivity contribution in [1.29, 1.82) is 0 Å². The van der Waals surface area contributed by atoms with Crippen molar-refractivity contribution in [3.05, 3.63) is 77.6 Å². The molecule has 2 aromatic carbocycles. The lowest BCUT2D eigenvalue weighted by Gasteiger charge is -2.37.